The number of nitrogen functional groups attached to an aromatic ring is 1. The third kappa shape index (κ3) is 2.88. The van der Waals surface area contributed by atoms with Crippen molar-refractivity contribution in [3.8, 4) is 11.4 Å². The van der Waals surface area contributed by atoms with Gasteiger partial charge in [-0.1, -0.05) is 37.8 Å². The van der Waals surface area contributed by atoms with Gasteiger partial charge in [-0.3, -0.25) is 0 Å². The Morgan fingerprint density at radius 2 is 2.10 bits per heavy atom. The van der Waals surface area contributed by atoms with Crippen LogP contribution in [0, 0.1) is 5.92 Å². The number of tetrazole rings is 1. The second-order valence-corrected chi connectivity index (χ2v) is 6.18. The lowest BCUT2D eigenvalue weighted by atomic mass is 9.83. The number of nitrogens with zero attached hydrogens (tertiary/aromatic N) is 4. The van der Waals surface area contributed by atoms with Crippen LogP contribution in [-0.2, 0) is 0 Å². The van der Waals surface area contributed by atoms with E-state index in [4.69, 9.17) is 17.3 Å². The first-order chi connectivity index (χ1) is 10.2. The number of aromatic nitrogens is 4. The van der Waals surface area contributed by atoms with Gasteiger partial charge < -0.3 is 5.73 Å². The van der Waals surface area contributed by atoms with E-state index in [2.05, 4.69) is 22.4 Å². The lowest BCUT2D eigenvalue weighted by Crippen LogP contribution is -2.24. The number of rotatable bonds is 3. The van der Waals surface area contributed by atoms with Crippen molar-refractivity contribution >= 4 is 17.3 Å². The molecule has 1 aromatic heterocycles. The van der Waals surface area contributed by atoms with E-state index >= 15 is 0 Å². The predicted molar refractivity (Wildman–Crippen MR) is 84.0 cm³/mol. The van der Waals surface area contributed by atoms with Crippen molar-refractivity contribution in [1.82, 2.24) is 20.2 Å². The van der Waals surface area contributed by atoms with E-state index < -0.39 is 0 Å². The molecule has 0 aliphatic heterocycles. The van der Waals surface area contributed by atoms with Gasteiger partial charge in [-0.25, -0.2) is 4.68 Å². The summed E-state index contributed by atoms with van der Waals surface area (Å²) in [5.41, 5.74) is 7.39. The lowest BCUT2D eigenvalue weighted by molar-refractivity contribution is 0.216. The van der Waals surface area contributed by atoms with Crippen molar-refractivity contribution in [3.63, 3.8) is 0 Å². The maximum absolute atomic E-state index is 6.10. The zero-order chi connectivity index (χ0) is 14.8. The highest BCUT2D eigenvalue weighted by molar-refractivity contribution is 6.31. The Balaban J connectivity index is 2.00. The van der Waals surface area contributed by atoms with Gasteiger partial charge in [0.05, 0.1) is 6.04 Å². The number of hydrogen-bond donors (Lipinski definition) is 1. The van der Waals surface area contributed by atoms with Crippen LogP contribution >= 0.6 is 11.6 Å². The van der Waals surface area contributed by atoms with E-state index in [9.17, 15) is 0 Å². The van der Waals surface area contributed by atoms with E-state index in [0.29, 0.717) is 22.7 Å². The summed E-state index contributed by atoms with van der Waals surface area (Å²) in [5.74, 6) is 1.40. The molecule has 1 aliphatic carbocycles. The number of nitrogens with two attached hydrogens (primary N) is 1. The molecule has 3 rings (SSSR count). The molecule has 6 heteroatoms. The smallest absolute Gasteiger partial charge is 0.182 e. The average molecular weight is 306 g/mol. The summed E-state index contributed by atoms with van der Waals surface area (Å²) in [6.07, 6.45) is 6.07. The molecule has 0 bridgehead atoms. The van der Waals surface area contributed by atoms with Crippen molar-refractivity contribution in [2.75, 3.05) is 5.73 Å². The molecule has 2 atom stereocenters. The van der Waals surface area contributed by atoms with Crippen LogP contribution in [0.2, 0.25) is 5.02 Å². The molecule has 0 amide bonds. The van der Waals surface area contributed by atoms with Gasteiger partial charge in [0.15, 0.2) is 5.82 Å². The number of anilines is 1. The fourth-order valence-electron chi connectivity index (χ4n) is 3.33. The van der Waals surface area contributed by atoms with Gasteiger partial charge in [-0.05, 0) is 47.4 Å². The molecule has 0 saturated heterocycles. The quantitative estimate of drug-likeness (QED) is 0.877. The second-order valence-electron chi connectivity index (χ2n) is 5.74. The maximum atomic E-state index is 6.10. The Hall–Kier alpha value is -1.62. The molecular formula is C15H20ClN5. The fourth-order valence-corrected chi connectivity index (χ4v) is 3.58. The normalized spacial score (nSPS) is 22.4. The topological polar surface area (TPSA) is 69.6 Å². The number of halogens is 1. The van der Waals surface area contributed by atoms with Crippen LogP contribution in [0.5, 0.6) is 0 Å². The Labute approximate surface area is 129 Å². The van der Waals surface area contributed by atoms with E-state index in [0.717, 1.165) is 24.2 Å². The summed E-state index contributed by atoms with van der Waals surface area (Å²) < 4.78 is 1.97. The van der Waals surface area contributed by atoms with Crippen LogP contribution in [0.15, 0.2) is 18.2 Å². The molecule has 112 valence electrons. The van der Waals surface area contributed by atoms with Gasteiger partial charge >= 0.3 is 0 Å². The van der Waals surface area contributed by atoms with Gasteiger partial charge in [0.1, 0.15) is 0 Å². The van der Waals surface area contributed by atoms with Gasteiger partial charge in [-0.2, -0.15) is 0 Å². The first kappa shape index (κ1) is 14.3. The van der Waals surface area contributed by atoms with Crippen LogP contribution in [0.1, 0.15) is 45.1 Å². The summed E-state index contributed by atoms with van der Waals surface area (Å²) in [6.45, 7) is 2.24. The first-order valence-electron chi connectivity index (χ1n) is 7.53. The Bertz CT molecular complexity index is 604. The maximum Gasteiger partial charge on any atom is 0.182 e. The second kappa shape index (κ2) is 6.02. The highest BCUT2D eigenvalue weighted by atomic mass is 35.5. The standard InChI is InChI=1S/C15H20ClN5/c1-2-10-5-3-4-6-14(10)21-15(18-19-20-21)11-7-12(16)9-13(17)8-11/h7-10,14H,2-6,17H2,1H3. The van der Waals surface area contributed by atoms with Gasteiger partial charge in [-0.15, -0.1) is 5.10 Å². The third-order valence-corrected chi connectivity index (χ3v) is 4.60. The molecular weight excluding hydrogens is 286 g/mol. The molecule has 1 fully saturated rings. The van der Waals surface area contributed by atoms with Crippen molar-refractivity contribution in [2.45, 2.75) is 45.1 Å². The van der Waals surface area contributed by atoms with Crippen molar-refractivity contribution < 1.29 is 0 Å². The van der Waals surface area contributed by atoms with Crippen molar-refractivity contribution in [2.24, 2.45) is 5.92 Å². The van der Waals surface area contributed by atoms with Crippen LogP contribution < -0.4 is 5.73 Å². The van der Waals surface area contributed by atoms with Crippen molar-refractivity contribution in [1.29, 1.82) is 0 Å². The summed E-state index contributed by atoms with van der Waals surface area (Å²) in [4.78, 5) is 0. The summed E-state index contributed by atoms with van der Waals surface area (Å²) in [7, 11) is 0. The Morgan fingerprint density at radius 1 is 1.29 bits per heavy atom. The van der Waals surface area contributed by atoms with Crippen LogP contribution in [0.3, 0.4) is 0 Å². The monoisotopic (exact) mass is 305 g/mol. The first-order valence-corrected chi connectivity index (χ1v) is 7.91. The molecule has 0 spiro atoms. The Morgan fingerprint density at radius 3 is 2.86 bits per heavy atom. The molecule has 1 aliphatic rings. The van der Waals surface area contributed by atoms with Crippen LogP contribution in [0.25, 0.3) is 11.4 Å². The van der Waals surface area contributed by atoms with E-state index in [1.54, 1.807) is 6.07 Å². The van der Waals surface area contributed by atoms with E-state index in [1.807, 2.05) is 16.8 Å². The molecule has 1 saturated carbocycles. The van der Waals surface area contributed by atoms with Gasteiger partial charge in [0.2, 0.25) is 0 Å². The Kier molecular flexibility index (Phi) is 4.10. The molecule has 2 unspecified atom stereocenters. The highest BCUT2D eigenvalue weighted by Crippen LogP contribution is 2.37. The summed E-state index contributed by atoms with van der Waals surface area (Å²) in [5, 5.41) is 12.9. The minimum absolute atomic E-state index is 0.369. The molecule has 1 aromatic carbocycles. The number of hydrogen-bond acceptors (Lipinski definition) is 4. The van der Waals surface area contributed by atoms with Gasteiger partial charge in [0, 0.05) is 16.3 Å². The molecule has 2 N–H and O–H groups in total. The molecule has 21 heavy (non-hydrogen) atoms. The minimum Gasteiger partial charge on any atom is -0.399 e. The number of benzene rings is 1. The summed E-state index contributed by atoms with van der Waals surface area (Å²) in [6, 6.07) is 5.84. The zero-order valence-corrected chi connectivity index (χ0v) is 12.9. The summed E-state index contributed by atoms with van der Waals surface area (Å²) >= 11 is 6.10. The predicted octanol–water partition coefficient (Wildman–Crippen LogP) is 3.72. The SMILES string of the molecule is CCC1CCCCC1n1nnnc1-c1cc(N)cc(Cl)c1. The van der Waals surface area contributed by atoms with Crippen molar-refractivity contribution in [3.05, 3.63) is 23.2 Å². The highest BCUT2D eigenvalue weighted by Gasteiger charge is 2.28. The zero-order valence-electron chi connectivity index (χ0n) is 12.2. The minimum atomic E-state index is 0.369. The molecule has 2 aromatic rings. The largest absolute Gasteiger partial charge is 0.399 e. The van der Waals surface area contributed by atoms with E-state index in [1.165, 1.54) is 19.3 Å². The fraction of sp³-hybridized carbons (Fsp3) is 0.533. The van der Waals surface area contributed by atoms with Gasteiger partial charge in [0.25, 0.3) is 0 Å². The molecule has 0 radical (unpaired) electrons. The lowest BCUT2D eigenvalue weighted by Gasteiger charge is -2.31. The van der Waals surface area contributed by atoms with E-state index in [-0.39, 0.29) is 0 Å². The average Bonchev–Trinajstić information content (AvgIpc) is 2.95. The van der Waals surface area contributed by atoms with Crippen LogP contribution in [-0.4, -0.2) is 20.2 Å². The molecule has 1 heterocycles. The van der Waals surface area contributed by atoms with Crippen LogP contribution in [0.4, 0.5) is 5.69 Å². The molecule has 5 nitrogen and oxygen atoms in total. The third-order valence-electron chi connectivity index (χ3n) is 4.38.